The Morgan fingerprint density at radius 2 is 1.86 bits per heavy atom. The lowest BCUT2D eigenvalue weighted by molar-refractivity contribution is -0.142. The average Bonchev–Trinajstić information content (AvgIpc) is 2.94. The Morgan fingerprint density at radius 1 is 1.21 bits per heavy atom. The maximum absolute atomic E-state index is 12.9. The molecule has 0 spiro atoms. The number of carbonyl (C=O) groups excluding carboxylic acids is 2. The first kappa shape index (κ1) is 22.6. The summed E-state index contributed by atoms with van der Waals surface area (Å²) in [5, 5.41) is 12.4. The van der Waals surface area contributed by atoms with Crippen LogP contribution in [0.25, 0.3) is 0 Å². The normalized spacial score (nSPS) is 11.9. The standard InChI is InChI=1S/C21H26ClN3O4/c1-13-11-16(12-18(26)24-17(21(28)29)5-3-4-10-23)25(2)19(13)20(27)14-6-8-15(22)9-7-14/h6-9,11,17H,3-5,10,12,23H2,1-2H3,(H,24,26)(H,28,29). The maximum atomic E-state index is 12.9. The number of hydrogen-bond donors (Lipinski definition) is 3. The highest BCUT2D eigenvalue weighted by atomic mass is 35.5. The van der Waals surface area contributed by atoms with E-state index in [1.807, 2.05) is 0 Å². The molecule has 0 saturated carbocycles. The minimum atomic E-state index is -1.07. The van der Waals surface area contributed by atoms with E-state index in [1.54, 1.807) is 48.9 Å². The molecule has 0 aliphatic rings. The second-order valence-electron chi connectivity index (χ2n) is 6.98. The van der Waals surface area contributed by atoms with Gasteiger partial charge in [0, 0.05) is 23.3 Å². The number of carboxylic acid groups (broad SMARTS) is 1. The van der Waals surface area contributed by atoms with Gasteiger partial charge in [0.2, 0.25) is 11.7 Å². The monoisotopic (exact) mass is 419 g/mol. The van der Waals surface area contributed by atoms with Gasteiger partial charge in [-0.3, -0.25) is 9.59 Å². The Morgan fingerprint density at radius 3 is 2.45 bits per heavy atom. The molecule has 1 amide bonds. The number of ketones is 1. The SMILES string of the molecule is Cc1cc(CC(=O)NC(CCCCN)C(=O)O)n(C)c1C(=O)c1ccc(Cl)cc1. The quantitative estimate of drug-likeness (QED) is 0.404. The summed E-state index contributed by atoms with van der Waals surface area (Å²) in [6.45, 7) is 2.28. The van der Waals surface area contributed by atoms with Crippen LogP contribution < -0.4 is 11.1 Å². The minimum absolute atomic E-state index is 0.0219. The van der Waals surface area contributed by atoms with Crippen molar-refractivity contribution >= 4 is 29.3 Å². The van der Waals surface area contributed by atoms with Crippen molar-refractivity contribution < 1.29 is 19.5 Å². The van der Waals surface area contributed by atoms with Crippen LogP contribution in [0, 0.1) is 6.92 Å². The fourth-order valence-electron chi connectivity index (χ4n) is 3.22. The van der Waals surface area contributed by atoms with E-state index in [1.165, 1.54) is 0 Å². The van der Waals surface area contributed by atoms with Gasteiger partial charge in [-0.25, -0.2) is 4.79 Å². The molecule has 2 rings (SSSR count). The van der Waals surface area contributed by atoms with Gasteiger partial charge in [0.15, 0.2) is 0 Å². The van der Waals surface area contributed by atoms with Gasteiger partial charge in [0.1, 0.15) is 6.04 Å². The zero-order chi connectivity index (χ0) is 21.6. The van der Waals surface area contributed by atoms with Crippen molar-refractivity contribution in [2.75, 3.05) is 6.54 Å². The van der Waals surface area contributed by atoms with Gasteiger partial charge >= 0.3 is 5.97 Å². The lowest BCUT2D eigenvalue weighted by atomic mass is 10.1. The number of benzene rings is 1. The first-order valence-electron chi connectivity index (χ1n) is 9.42. The number of amides is 1. The van der Waals surface area contributed by atoms with Crippen LogP contribution in [-0.2, 0) is 23.1 Å². The van der Waals surface area contributed by atoms with Crippen molar-refractivity contribution in [1.29, 1.82) is 0 Å². The van der Waals surface area contributed by atoms with Gasteiger partial charge in [-0.05, 0) is 68.6 Å². The van der Waals surface area contributed by atoms with Crippen LogP contribution in [0.2, 0.25) is 5.02 Å². The number of unbranched alkanes of at least 4 members (excludes halogenated alkanes) is 1. The molecule has 0 fully saturated rings. The van der Waals surface area contributed by atoms with E-state index in [0.29, 0.717) is 47.8 Å². The molecule has 1 heterocycles. The smallest absolute Gasteiger partial charge is 0.326 e. The van der Waals surface area contributed by atoms with Crippen LogP contribution in [-0.4, -0.2) is 39.9 Å². The third-order valence-corrected chi connectivity index (χ3v) is 5.02. The molecule has 8 heteroatoms. The maximum Gasteiger partial charge on any atom is 0.326 e. The van der Waals surface area contributed by atoms with Crippen LogP contribution >= 0.6 is 11.6 Å². The predicted octanol–water partition coefficient (Wildman–Crippen LogP) is 2.46. The molecule has 1 aromatic heterocycles. The van der Waals surface area contributed by atoms with E-state index in [-0.39, 0.29) is 12.2 Å². The van der Waals surface area contributed by atoms with Crippen LogP contribution in [0.15, 0.2) is 30.3 Å². The Hall–Kier alpha value is -2.64. The van der Waals surface area contributed by atoms with Gasteiger partial charge in [0.25, 0.3) is 0 Å². The van der Waals surface area contributed by atoms with Gasteiger partial charge in [0.05, 0.1) is 12.1 Å². The largest absolute Gasteiger partial charge is 0.480 e. The van der Waals surface area contributed by atoms with Gasteiger partial charge in [-0.1, -0.05) is 11.6 Å². The number of nitrogens with one attached hydrogen (secondary N) is 1. The first-order chi connectivity index (χ1) is 13.7. The number of carbonyl (C=O) groups is 3. The summed E-state index contributed by atoms with van der Waals surface area (Å²) in [6.07, 6.45) is 1.63. The van der Waals surface area contributed by atoms with Crippen molar-refractivity contribution in [3.8, 4) is 0 Å². The number of aliphatic carboxylic acids is 1. The molecule has 1 unspecified atom stereocenters. The molecule has 29 heavy (non-hydrogen) atoms. The van der Waals surface area contributed by atoms with Gasteiger partial charge in [-0.15, -0.1) is 0 Å². The van der Waals surface area contributed by atoms with Crippen LogP contribution in [0.3, 0.4) is 0 Å². The number of aryl methyl sites for hydroxylation is 1. The Bertz CT molecular complexity index is 890. The summed E-state index contributed by atoms with van der Waals surface area (Å²) >= 11 is 5.88. The zero-order valence-corrected chi connectivity index (χ0v) is 17.3. The molecule has 7 nitrogen and oxygen atoms in total. The predicted molar refractivity (Wildman–Crippen MR) is 111 cm³/mol. The molecule has 0 saturated heterocycles. The van der Waals surface area contributed by atoms with Crippen molar-refractivity contribution in [2.45, 2.75) is 38.6 Å². The Labute approximate surface area is 174 Å². The number of rotatable bonds is 10. The molecule has 1 atom stereocenters. The Kier molecular flexibility index (Phi) is 7.99. The minimum Gasteiger partial charge on any atom is -0.480 e. The van der Waals surface area contributed by atoms with E-state index in [2.05, 4.69) is 5.32 Å². The van der Waals surface area contributed by atoms with E-state index < -0.39 is 17.9 Å². The molecular weight excluding hydrogens is 394 g/mol. The van der Waals surface area contributed by atoms with E-state index in [0.717, 1.165) is 5.56 Å². The van der Waals surface area contributed by atoms with E-state index in [9.17, 15) is 19.5 Å². The Balaban J connectivity index is 2.12. The summed E-state index contributed by atoms with van der Waals surface area (Å²) in [7, 11) is 1.72. The highest BCUT2D eigenvalue weighted by molar-refractivity contribution is 6.30. The van der Waals surface area contributed by atoms with Crippen molar-refractivity contribution in [2.24, 2.45) is 12.8 Å². The van der Waals surface area contributed by atoms with Crippen LogP contribution in [0.1, 0.15) is 46.6 Å². The number of hydrogen-bond acceptors (Lipinski definition) is 4. The number of aromatic nitrogens is 1. The molecule has 0 bridgehead atoms. The van der Waals surface area contributed by atoms with Gasteiger partial charge in [-0.2, -0.15) is 0 Å². The average molecular weight is 420 g/mol. The molecule has 156 valence electrons. The molecule has 4 N–H and O–H groups in total. The van der Waals surface area contributed by atoms with Gasteiger partial charge < -0.3 is 20.7 Å². The summed E-state index contributed by atoms with van der Waals surface area (Å²) in [6, 6.07) is 7.43. The van der Waals surface area contributed by atoms with Crippen molar-refractivity contribution in [3.05, 3.63) is 57.9 Å². The second-order valence-corrected chi connectivity index (χ2v) is 7.42. The fourth-order valence-corrected chi connectivity index (χ4v) is 3.35. The molecular formula is C21H26ClN3O4. The van der Waals surface area contributed by atoms with Crippen LogP contribution in [0.5, 0.6) is 0 Å². The molecule has 1 aromatic carbocycles. The number of halogens is 1. The first-order valence-corrected chi connectivity index (χ1v) is 9.80. The fraction of sp³-hybridized carbons (Fsp3) is 0.381. The third kappa shape index (κ3) is 5.92. The molecule has 0 aliphatic carbocycles. The summed E-state index contributed by atoms with van der Waals surface area (Å²) in [4.78, 5) is 36.6. The number of nitrogens with two attached hydrogens (primary N) is 1. The van der Waals surface area contributed by atoms with Crippen molar-refractivity contribution in [1.82, 2.24) is 9.88 Å². The highest BCUT2D eigenvalue weighted by Gasteiger charge is 2.22. The molecule has 2 aromatic rings. The topological polar surface area (TPSA) is 114 Å². The molecule has 0 radical (unpaired) electrons. The van der Waals surface area contributed by atoms with E-state index in [4.69, 9.17) is 17.3 Å². The summed E-state index contributed by atoms with van der Waals surface area (Å²) in [5.74, 6) is -1.65. The van der Waals surface area contributed by atoms with Crippen molar-refractivity contribution in [3.63, 3.8) is 0 Å². The number of nitrogens with zero attached hydrogens (tertiary/aromatic N) is 1. The lowest BCUT2D eigenvalue weighted by Crippen LogP contribution is -2.41. The summed E-state index contributed by atoms with van der Waals surface area (Å²) < 4.78 is 1.68. The molecule has 0 aliphatic heterocycles. The zero-order valence-electron chi connectivity index (χ0n) is 16.6. The third-order valence-electron chi connectivity index (χ3n) is 4.77. The highest BCUT2D eigenvalue weighted by Crippen LogP contribution is 2.20. The second kappa shape index (κ2) is 10.2. The lowest BCUT2D eigenvalue weighted by Gasteiger charge is -2.15. The van der Waals surface area contributed by atoms with Crippen LogP contribution in [0.4, 0.5) is 0 Å². The summed E-state index contributed by atoms with van der Waals surface area (Å²) in [5.41, 5.74) is 7.78. The van der Waals surface area contributed by atoms with E-state index >= 15 is 0 Å². The number of carboxylic acids is 1.